The number of nitrogens with one attached hydrogen (secondary N) is 1. The summed E-state index contributed by atoms with van der Waals surface area (Å²) in [4.78, 5) is 12.3. The minimum atomic E-state index is -0.479. The number of carbonyl (C=O) groups excluding carboxylic acids is 1. The maximum absolute atomic E-state index is 12.3. The number of methoxy groups -OCH3 is 3. The summed E-state index contributed by atoms with van der Waals surface area (Å²) in [6.07, 6.45) is 0. The number of benzene rings is 2. The van der Waals surface area contributed by atoms with Crippen molar-refractivity contribution < 1.29 is 23.7 Å². The van der Waals surface area contributed by atoms with Crippen LogP contribution in [0.1, 0.15) is 18.5 Å². The van der Waals surface area contributed by atoms with Gasteiger partial charge >= 0.3 is 5.97 Å². The fourth-order valence-corrected chi connectivity index (χ4v) is 2.69. The van der Waals surface area contributed by atoms with Gasteiger partial charge in [0.15, 0.2) is 11.5 Å². The quantitative estimate of drug-likeness (QED) is 0.531. The van der Waals surface area contributed by atoms with Gasteiger partial charge in [-0.25, -0.2) is 4.79 Å². The Balaban J connectivity index is 2.43. The molecule has 0 heterocycles. The molecule has 0 aliphatic rings. The molecular formula is C21H25NO5. The van der Waals surface area contributed by atoms with Crippen molar-refractivity contribution in [2.45, 2.75) is 13.0 Å². The number of ether oxygens (including phenoxy) is 4. The third kappa shape index (κ3) is 4.73. The molecule has 27 heavy (non-hydrogen) atoms. The number of anilines is 1. The molecule has 0 fully saturated rings. The highest BCUT2D eigenvalue weighted by Crippen LogP contribution is 2.41. The first-order chi connectivity index (χ1) is 13.0. The predicted octanol–water partition coefficient (Wildman–Crippen LogP) is 3.98. The van der Waals surface area contributed by atoms with Crippen molar-refractivity contribution in [1.82, 2.24) is 0 Å². The lowest BCUT2D eigenvalue weighted by Crippen LogP contribution is -2.20. The normalized spacial score (nSPS) is 11.3. The number of rotatable bonds is 9. The number of hydrogen-bond acceptors (Lipinski definition) is 6. The molecule has 0 unspecified atom stereocenters. The van der Waals surface area contributed by atoms with Crippen molar-refractivity contribution in [3.8, 4) is 17.2 Å². The lowest BCUT2D eigenvalue weighted by Gasteiger charge is -2.23. The second-order valence-electron chi connectivity index (χ2n) is 5.65. The van der Waals surface area contributed by atoms with Crippen molar-refractivity contribution in [3.05, 3.63) is 60.2 Å². The number of esters is 1. The van der Waals surface area contributed by atoms with Crippen LogP contribution in [0.3, 0.4) is 0 Å². The summed E-state index contributed by atoms with van der Waals surface area (Å²) < 4.78 is 21.3. The Morgan fingerprint density at radius 1 is 1.04 bits per heavy atom. The fraction of sp³-hybridized carbons (Fsp3) is 0.286. The standard InChI is InChI=1S/C21H25NO5/c1-6-27-21(23)14(2)19(15-10-8-7-9-11-15)22-16-12-17(24-3)20(26-5)18(13-16)25-4/h7-13,19,22H,2,6H2,1,3-5H3/t19-/m1/s1. The Morgan fingerprint density at radius 2 is 1.63 bits per heavy atom. The van der Waals surface area contributed by atoms with Crippen molar-refractivity contribution in [1.29, 1.82) is 0 Å². The molecule has 0 aliphatic carbocycles. The van der Waals surface area contributed by atoms with Crippen LogP contribution in [-0.4, -0.2) is 33.9 Å². The molecule has 2 rings (SSSR count). The number of hydrogen-bond donors (Lipinski definition) is 1. The van der Waals surface area contributed by atoms with Crippen LogP contribution >= 0.6 is 0 Å². The van der Waals surface area contributed by atoms with Gasteiger partial charge in [-0.2, -0.15) is 0 Å². The Labute approximate surface area is 159 Å². The molecule has 0 saturated carbocycles. The van der Waals surface area contributed by atoms with Gasteiger partial charge in [0, 0.05) is 17.8 Å². The molecule has 0 saturated heterocycles. The number of carbonyl (C=O) groups is 1. The molecule has 0 radical (unpaired) electrons. The van der Waals surface area contributed by atoms with Gasteiger partial charge in [-0.05, 0) is 12.5 Å². The monoisotopic (exact) mass is 371 g/mol. The van der Waals surface area contributed by atoms with Gasteiger partial charge in [0.1, 0.15) is 0 Å². The molecule has 0 amide bonds. The molecule has 2 aromatic carbocycles. The van der Waals surface area contributed by atoms with Crippen molar-refractivity contribution in [2.24, 2.45) is 0 Å². The van der Waals surface area contributed by atoms with Gasteiger partial charge in [0.2, 0.25) is 5.75 Å². The molecule has 0 aliphatic heterocycles. The van der Waals surface area contributed by atoms with E-state index in [2.05, 4.69) is 11.9 Å². The largest absolute Gasteiger partial charge is 0.493 e. The van der Waals surface area contributed by atoms with Crippen LogP contribution in [0.5, 0.6) is 17.2 Å². The Hall–Kier alpha value is -3.15. The van der Waals surface area contributed by atoms with E-state index in [0.717, 1.165) is 5.56 Å². The molecular weight excluding hydrogens is 346 g/mol. The zero-order chi connectivity index (χ0) is 19.8. The Bertz CT molecular complexity index is 763. The predicted molar refractivity (Wildman–Crippen MR) is 105 cm³/mol. The zero-order valence-electron chi connectivity index (χ0n) is 16.1. The zero-order valence-corrected chi connectivity index (χ0v) is 16.1. The second-order valence-corrected chi connectivity index (χ2v) is 5.65. The maximum atomic E-state index is 12.3. The van der Waals surface area contributed by atoms with Crippen molar-refractivity contribution in [2.75, 3.05) is 33.3 Å². The summed E-state index contributed by atoms with van der Waals surface area (Å²) in [6.45, 7) is 5.98. The van der Waals surface area contributed by atoms with Gasteiger partial charge in [0.25, 0.3) is 0 Å². The molecule has 1 atom stereocenters. The van der Waals surface area contributed by atoms with Crippen LogP contribution in [0, 0.1) is 0 Å². The van der Waals surface area contributed by atoms with E-state index in [1.807, 2.05) is 30.3 Å². The molecule has 0 bridgehead atoms. The van der Waals surface area contributed by atoms with Gasteiger partial charge < -0.3 is 24.3 Å². The average Bonchev–Trinajstić information content (AvgIpc) is 2.71. The van der Waals surface area contributed by atoms with E-state index < -0.39 is 12.0 Å². The summed E-state index contributed by atoms with van der Waals surface area (Å²) in [5, 5.41) is 3.32. The van der Waals surface area contributed by atoms with Crippen LogP contribution in [0.4, 0.5) is 5.69 Å². The van der Waals surface area contributed by atoms with Gasteiger partial charge in [-0.3, -0.25) is 0 Å². The Kier molecular flexibility index (Phi) is 7.11. The topological polar surface area (TPSA) is 66.0 Å². The van der Waals surface area contributed by atoms with E-state index >= 15 is 0 Å². The maximum Gasteiger partial charge on any atom is 0.335 e. The summed E-state index contributed by atoms with van der Waals surface area (Å²) in [5.41, 5.74) is 1.87. The summed E-state index contributed by atoms with van der Waals surface area (Å²) >= 11 is 0. The van der Waals surface area contributed by atoms with Crippen molar-refractivity contribution >= 4 is 11.7 Å². The van der Waals surface area contributed by atoms with Crippen LogP contribution in [0.2, 0.25) is 0 Å². The van der Waals surface area contributed by atoms with E-state index in [4.69, 9.17) is 18.9 Å². The van der Waals surface area contributed by atoms with E-state index in [-0.39, 0.29) is 6.61 Å². The van der Waals surface area contributed by atoms with Gasteiger partial charge in [-0.1, -0.05) is 36.9 Å². The highest BCUT2D eigenvalue weighted by atomic mass is 16.5. The lowest BCUT2D eigenvalue weighted by atomic mass is 9.99. The summed E-state index contributed by atoms with van der Waals surface area (Å²) in [6, 6.07) is 12.6. The van der Waals surface area contributed by atoms with Crippen molar-refractivity contribution in [3.63, 3.8) is 0 Å². The molecule has 0 aromatic heterocycles. The molecule has 2 aromatic rings. The van der Waals surface area contributed by atoms with E-state index in [1.54, 1.807) is 40.4 Å². The Morgan fingerprint density at radius 3 is 2.11 bits per heavy atom. The molecule has 0 spiro atoms. The molecule has 6 nitrogen and oxygen atoms in total. The van der Waals surface area contributed by atoms with Crippen LogP contribution in [0.25, 0.3) is 0 Å². The lowest BCUT2D eigenvalue weighted by molar-refractivity contribution is -0.138. The SMILES string of the molecule is C=C(C(=O)OCC)[C@@H](Nc1cc(OC)c(OC)c(OC)c1)c1ccccc1. The van der Waals surface area contributed by atoms with Crippen LogP contribution in [-0.2, 0) is 9.53 Å². The average molecular weight is 371 g/mol. The first-order valence-electron chi connectivity index (χ1n) is 8.53. The molecule has 6 heteroatoms. The highest BCUT2D eigenvalue weighted by Gasteiger charge is 2.23. The summed E-state index contributed by atoms with van der Waals surface area (Å²) in [7, 11) is 4.64. The summed E-state index contributed by atoms with van der Waals surface area (Å²) in [5.74, 6) is 1.05. The van der Waals surface area contributed by atoms with Gasteiger partial charge in [0.05, 0.1) is 39.6 Å². The molecule has 1 N–H and O–H groups in total. The minimum Gasteiger partial charge on any atom is -0.493 e. The third-order valence-corrected chi connectivity index (χ3v) is 3.99. The second kappa shape index (κ2) is 9.52. The minimum absolute atomic E-state index is 0.281. The van der Waals surface area contributed by atoms with Crippen LogP contribution in [0.15, 0.2) is 54.6 Å². The first kappa shape index (κ1) is 20.2. The third-order valence-electron chi connectivity index (χ3n) is 3.99. The first-order valence-corrected chi connectivity index (χ1v) is 8.53. The van der Waals surface area contributed by atoms with E-state index in [0.29, 0.717) is 28.5 Å². The fourth-order valence-electron chi connectivity index (χ4n) is 2.69. The molecule has 144 valence electrons. The van der Waals surface area contributed by atoms with E-state index in [9.17, 15) is 4.79 Å². The highest BCUT2D eigenvalue weighted by molar-refractivity contribution is 5.90. The van der Waals surface area contributed by atoms with E-state index in [1.165, 1.54) is 0 Å². The smallest absolute Gasteiger partial charge is 0.335 e. The van der Waals surface area contributed by atoms with Gasteiger partial charge in [-0.15, -0.1) is 0 Å². The van der Waals surface area contributed by atoms with Crippen LogP contribution < -0.4 is 19.5 Å².